The third kappa shape index (κ3) is 2.57. The van der Waals surface area contributed by atoms with E-state index in [-0.39, 0.29) is 0 Å². The van der Waals surface area contributed by atoms with Crippen molar-refractivity contribution in [1.82, 2.24) is 4.98 Å². The van der Waals surface area contributed by atoms with Crippen LogP contribution >= 0.6 is 15.9 Å². The molecular formula is C12H16BrN. The zero-order chi connectivity index (χ0) is 9.80. The SMILES string of the molecule is Brc1cnccc1CC1CCCCC1. The molecule has 2 heteroatoms. The van der Waals surface area contributed by atoms with Crippen LogP contribution in [0.4, 0.5) is 0 Å². The Bertz CT molecular complexity index is 292. The Kier molecular flexibility index (Phi) is 3.57. The van der Waals surface area contributed by atoms with Crippen LogP contribution in [-0.4, -0.2) is 4.98 Å². The van der Waals surface area contributed by atoms with E-state index in [2.05, 4.69) is 27.0 Å². The van der Waals surface area contributed by atoms with E-state index >= 15 is 0 Å². The van der Waals surface area contributed by atoms with Crippen molar-refractivity contribution in [2.75, 3.05) is 0 Å². The second-order valence-corrected chi connectivity index (χ2v) is 5.03. The van der Waals surface area contributed by atoms with Crippen molar-refractivity contribution >= 4 is 15.9 Å². The summed E-state index contributed by atoms with van der Waals surface area (Å²) in [5.41, 5.74) is 1.42. The highest BCUT2D eigenvalue weighted by Gasteiger charge is 2.14. The number of rotatable bonds is 2. The molecule has 0 unspecified atom stereocenters. The fraction of sp³-hybridized carbons (Fsp3) is 0.583. The number of nitrogens with zero attached hydrogens (tertiary/aromatic N) is 1. The van der Waals surface area contributed by atoms with Gasteiger partial charge >= 0.3 is 0 Å². The first-order chi connectivity index (χ1) is 6.86. The quantitative estimate of drug-likeness (QED) is 0.778. The van der Waals surface area contributed by atoms with E-state index in [1.807, 2.05) is 12.4 Å². The average Bonchev–Trinajstić information content (AvgIpc) is 2.23. The molecule has 0 radical (unpaired) electrons. The minimum Gasteiger partial charge on any atom is -0.264 e. The second-order valence-electron chi connectivity index (χ2n) is 4.18. The number of halogens is 1. The topological polar surface area (TPSA) is 12.9 Å². The molecule has 1 saturated carbocycles. The molecule has 1 heterocycles. The van der Waals surface area contributed by atoms with Crippen LogP contribution in [0.3, 0.4) is 0 Å². The van der Waals surface area contributed by atoms with Crippen LogP contribution in [0.5, 0.6) is 0 Å². The van der Waals surface area contributed by atoms with Gasteiger partial charge in [0.15, 0.2) is 0 Å². The molecule has 0 aromatic carbocycles. The van der Waals surface area contributed by atoms with Crippen LogP contribution in [0.2, 0.25) is 0 Å². The number of aromatic nitrogens is 1. The van der Waals surface area contributed by atoms with Gasteiger partial charge in [-0.2, -0.15) is 0 Å². The molecule has 2 rings (SSSR count). The Morgan fingerprint density at radius 3 is 2.79 bits per heavy atom. The summed E-state index contributed by atoms with van der Waals surface area (Å²) in [5.74, 6) is 0.905. The molecular weight excluding hydrogens is 238 g/mol. The van der Waals surface area contributed by atoms with Crippen molar-refractivity contribution in [2.24, 2.45) is 5.92 Å². The average molecular weight is 254 g/mol. The van der Waals surface area contributed by atoms with Gasteiger partial charge in [-0.25, -0.2) is 0 Å². The van der Waals surface area contributed by atoms with Gasteiger partial charge in [0.25, 0.3) is 0 Å². The van der Waals surface area contributed by atoms with E-state index in [4.69, 9.17) is 0 Å². The van der Waals surface area contributed by atoms with Crippen molar-refractivity contribution in [2.45, 2.75) is 38.5 Å². The molecule has 1 aromatic heterocycles. The van der Waals surface area contributed by atoms with Gasteiger partial charge in [0, 0.05) is 16.9 Å². The van der Waals surface area contributed by atoms with Gasteiger partial charge < -0.3 is 0 Å². The van der Waals surface area contributed by atoms with E-state index in [9.17, 15) is 0 Å². The van der Waals surface area contributed by atoms with E-state index in [0.717, 1.165) is 5.92 Å². The maximum Gasteiger partial charge on any atom is 0.0412 e. The van der Waals surface area contributed by atoms with Gasteiger partial charge in [-0.3, -0.25) is 4.98 Å². The van der Waals surface area contributed by atoms with Gasteiger partial charge in [0.05, 0.1) is 0 Å². The summed E-state index contributed by atoms with van der Waals surface area (Å²) in [7, 11) is 0. The van der Waals surface area contributed by atoms with Gasteiger partial charge in [-0.05, 0) is 39.9 Å². The van der Waals surface area contributed by atoms with E-state index in [1.165, 1.54) is 48.6 Å². The molecule has 0 bridgehead atoms. The summed E-state index contributed by atoms with van der Waals surface area (Å²) >= 11 is 3.56. The largest absolute Gasteiger partial charge is 0.264 e. The molecule has 1 nitrogen and oxygen atoms in total. The third-order valence-electron chi connectivity index (χ3n) is 3.09. The Morgan fingerprint density at radius 1 is 1.29 bits per heavy atom. The summed E-state index contributed by atoms with van der Waals surface area (Å²) in [6, 6.07) is 2.14. The molecule has 0 atom stereocenters. The highest BCUT2D eigenvalue weighted by atomic mass is 79.9. The Morgan fingerprint density at radius 2 is 2.07 bits per heavy atom. The summed E-state index contributed by atoms with van der Waals surface area (Å²) in [5, 5.41) is 0. The molecule has 0 spiro atoms. The fourth-order valence-electron chi connectivity index (χ4n) is 2.27. The summed E-state index contributed by atoms with van der Waals surface area (Å²) in [4.78, 5) is 4.09. The minimum absolute atomic E-state index is 0.905. The molecule has 0 aliphatic heterocycles. The predicted octanol–water partition coefficient (Wildman–Crippen LogP) is 3.97. The first kappa shape index (κ1) is 10.2. The number of pyridine rings is 1. The zero-order valence-corrected chi connectivity index (χ0v) is 9.96. The van der Waals surface area contributed by atoms with Gasteiger partial charge in [-0.15, -0.1) is 0 Å². The molecule has 1 aliphatic carbocycles. The molecule has 1 aliphatic rings. The summed E-state index contributed by atoms with van der Waals surface area (Å²) < 4.78 is 1.17. The zero-order valence-electron chi connectivity index (χ0n) is 8.38. The highest BCUT2D eigenvalue weighted by molar-refractivity contribution is 9.10. The Hall–Kier alpha value is -0.370. The summed E-state index contributed by atoms with van der Waals surface area (Å²) in [6.07, 6.45) is 12.1. The molecule has 14 heavy (non-hydrogen) atoms. The Labute approximate surface area is 94.1 Å². The maximum atomic E-state index is 4.09. The third-order valence-corrected chi connectivity index (χ3v) is 3.80. The molecule has 1 aromatic rings. The lowest BCUT2D eigenvalue weighted by Crippen LogP contribution is -2.09. The predicted molar refractivity (Wildman–Crippen MR) is 62.2 cm³/mol. The first-order valence-electron chi connectivity index (χ1n) is 5.44. The van der Waals surface area contributed by atoms with E-state index in [0.29, 0.717) is 0 Å². The van der Waals surface area contributed by atoms with E-state index in [1.54, 1.807) is 0 Å². The highest BCUT2D eigenvalue weighted by Crippen LogP contribution is 2.28. The number of hydrogen-bond acceptors (Lipinski definition) is 1. The van der Waals surface area contributed by atoms with Crippen molar-refractivity contribution in [3.8, 4) is 0 Å². The number of hydrogen-bond donors (Lipinski definition) is 0. The van der Waals surface area contributed by atoms with Crippen LogP contribution in [0.1, 0.15) is 37.7 Å². The van der Waals surface area contributed by atoms with Crippen LogP contribution in [0.25, 0.3) is 0 Å². The van der Waals surface area contributed by atoms with Crippen LogP contribution in [-0.2, 0) is 6.42 Å². The smallest absolute Gasteiger partial charge is 0.0412 e. The monoisotopic (exact) mass is 253 g/mol. The van der Waals surface area contributed by atoms with Crippen molar-refractivity contribution in [3.63, 3.8) is 0 Å². The van der Waals surface area contributed by atoms with Gasteiger partial charge in [0.2, 0.25) is 0 Å². The molecule has 0 N–H and O–H groups in total. The van der Waals surface area contributed by atoms with Gasteiger partial charge in [0.1, 0.15) is 0 Å². The Balaban J connectivity index is 1.99. The van der Waals surface area contributed by atoms with Crippen LogP contribution in [0.15, 0.2) is 22.9 Å². The van der Waals surface area contributed by atoms with Crippen LogP contribution in [0, 0.1) is 5.92 Å². The van der Waals surface area contributed by atoms with Gasteiger partial charge in [-0.1, -0.05) is 32.1 Å². The van der Waals surface area contributed by atoms with Crippen molar-refractivity contribution < 1.29 is 0 Å². The standard InChI is InChI=1S/C12H16BrN/c13-12-9-14-7-6-11(12)8-10-4-2-1-3-5-10/h6-7,9-10H,1-5,8H2. The molecule has 0 amide bonds. The lowest BCUT2D eigenvalue weighted by molar-refractivity contribution is 0.356. The molecule has 1 fully saturated rings. The normalized spacial score (nSPS) is 18.4. The van der Waals surface area contributed by atoms with Crippen LogP contribution < -0.4 is 0 Å². The lowest BCUT2D eigenvalue weighted by Gasteiger charge is -2.21. The summed E-state index contributed by atoms with van der Waals surface area (Å²) in [6.45, 7) is 0. The van der Waals surface area contributed by atoms with Crippen molar-refractivity contribution in [3.05, 3.63) is 28.5 Å². The molecule has 76 valence electrons. The van der Waals surface area contributed by atoms with Crippen molar-refractivity contribution in [1.29, 1.82) is 0 Å². The lowest BCUT2D eigenvalue weighted by atomic mass is 9.85. The minimum atomic E-state index is 0.905. The van der Waals surface area contributed by atoms with E-state index < -0.39 is 0 Å². The fourth-order valence-corrected chi connectivity index (χ4v) is 2.68. The maximum absolute atomic E-state index is 4.09. The molecule has 0 saturated heterocycles. The first-order valence-corrected chi connectivity index (χ1v) is 6.24. The second kappa shape index (κ2) is 4.92.